The van der Waals surface area contributed by atoms with Crippen molar-refractivity contribution in [3.8, 4) is 34.3 Å². The fourth-order valence-electron chi connectivity index (χ4n) is 3.28. The van der Waals surface area contributed by atoms with Gasteiger partial charge in [0.25, 0.3) is 5.91 Å². The maximum absolute atomic E-state index is 12.5. The predicted molar refractivity (Wildman–Crippen MR) is 147 cm³/mol. The number of carbonyl (C=O) groups is 1. The highest BCUT2D eigenvalue weighted by molar-refractivity contribution is 9.10. The number of halogens is 2. The molecule has 0 fully saturated rings. The summed E-state index contributed by atoms with van der Waals surface area (Å²) in [6.45, 7) is 0. The summed E-state index contributed by atoms with van der Waals surface area (Å²) in [6.07, 6.45) is 1.45. The lowest BCUT2D eigenvalue weighted by Crippen LogP contribution is -2.20. The number of benzene rings is 3. The van der Waals surface area contributed by atoms with Crippen LogP contribution in [0.15, 0.2) is 75.4 Å². The molecule has 0 aliphatic rings. The molecule has 0 unspecified atom stereocenters. The molecular weight excluding hydrogens is 582 g/mol. The maximum atomic E-state index is 12.5. The van der Waals surface area contributed by atoms with Crippen LogP contribution in [-0.4, -0.2) is 52.0 Å². The van der Waals surface area contributed by atoms with Crippen molar-refractivity contribution in [2.24, 2.45) is 5.10 Å². The van der Waals surface area contributed by atoms with Crippen molar-refractivity contribution in [1.29, 1.82) is 0 Å². The Morgan fingerprint density at radius 1 is 1.14 bits per heavy atom. The molecule has 12 heteroatoms. The van der Waals surface area contributed by atoms with Gasteiger partial charge in [-0.25, -0.2) is 5.43 Å². The first-order valence-electron chi connectivity index (χ1n) is 10.8. The maximum Gasteiger partial charge on any atom is 0.250 e. The molecule has 0 aliphatic heterocycles. The summed E-state index contributed by atoms with van der Waals surface area (Å²) in [4.78, 5) is 12.5. The summed E-state index contributed by atoms with van der Waals surface area (Å²) in [7, 11) is 3.06. The van der Waals surface area contributed by atoms with Crippen molar-refractivity contribution in [1.82, 2.24) is 20.2 Å². The Kier molecular flexibility index (Phi) is 8.70. The van der Waals surface area contributed by atoms with Crippen LogP contribution in [0.3, 0.4) is 0 Å². The number of methoxy groups -OCH3 is 2. The molecule has 2 N–H and O–H groups in total. The number of hydrogen-bond donors (Lipinski definition) is 2. The van der Waals surface area contributed by atoms with Crippen molar-refractivity contribution >= 4 is 51.4 Å². The number of hydrazone groups is 1. The van der Waals surface area contributed by atoms with Gasteiger partial charge in [-0.1, -0.05) is 23.4 Å². The standard InChI is InChI=1S/C25H21BrClN5O4S/c1-35-19-9-3-16(4-10-19)24-30-31-25(32(24)18-7-5-17(27)6-8-18)37-14-22(33)29-28-13-15-11-20(26)23(34)21(12-15)36-2/h3-13,34H,14H2,1-2H3,(H,29,33)/b28-13-. The van der Waals surface area contributed by atoms with Crippen LogP contribution in [0.4, 0.5) is 0 Å². The number of phenolic OH excluding ortho intramolecular Hbond substituents is 1. The number of nitrogens with zero attached hydrogens (tertiary/aromatic N) is 4. The normalized spacial score (nSPS) is 11.0. The molecule has 0 spiro atoms. The quantitative estimate of drug-likeness (QED) is 0.152. The number of rotatable bonds is 9. The fourth-order valence-corrected chi connectivity index (χ4v) is 4.61. The lowest BCUT2D eigenvalue weighted by Gasteiger charge is -2.11. The topological polar surface area (TPSA) is 111 Å². The first-order valence-corrected chi connectivity index (χ1v) is 12.9. The van der Waals surface area contributed by atoms with Gasteiger partial charge >= 0.3 is 0 Å². The minimum absolute atomic E-state index is 0.0149. The monoisotopic (exact) mass is 601 g/mol. The molecule has 3 aromatic carbocycles. The van der Waals surface area contributed by atoms with Gasteiger partial charge in [0.05, 0.1) is 30.7 Å². The van der Waals surface area contributed by atoms with Gasteiger partial charge in [0.2, 0.25) is 0 Å². The molecule has 4 aromatic rings. The molecule has 1 heterocycles. The van der Waals surface area contributed by atoms with E-state index in [0.717, 1.165) is 17.0 Å². The van der Waals surface area contributed by atoms with Crippen LogP contribution in [0.2, 0.25) is 5.02 Å². The smallest absolute Gasteiger partial charge is 0.250 e. The van der Waals surface area contributed by atoms with Crippen molar-refractivity contribution in [3.63, 3.8) is 0 Å². The molecule has 4 rings (SSSR count). The summed E-state index contributed by atoms with van der Waals surface area (Å²) in [5.74, 6) is 1.33. The largest absolute Gasteiger partial charge is 0.503 e. The van der Waals surface area contributed by atoms with E-state index in [0.29, 0.717) is 26.0 Å². The van der Waals surface area contributed by atoms with Crippen LogP contribution in [0.1, 0.15) is 5.56 Å². The number of phenols is 1. The first-order chi connectivity index (χ1) is 17.9. The van der Waals surface area contributed by atoms with Crippen LogP contribution >= 0.6 is 39.3 Å². The average Bonchev–Trinajstić information content (AvgIpc) is 3.33. The number of nitrogens with one attached hydrogen (secondary N) is 1. The van der Waals surface area contributed by atoms with Crippen LogP contribution in [0.5, 0.6) is 17.2 Å². The van der Waals surface area contributed by atoms with Crippen LogP contribution in [0, 0.1) is 0 Å². The van der Waals surface area contributed by atoms with Crippen molar-refractivity contribution in [2.45, 2.75) is 5.16 Å². The lowest BCUT2D eigenvalue weighted by atomic mass is 10.2. The molecule has 0 radical (unpaired) electrons. The molecule has 37 heavy (non-hydrogen) atoms. The minimum Gasteiger partial charge on any atom is -0.503 e. The second-order valence-electron chi connectivity index (χ2n) is 7.48. The Hall–Kier alpha value is -3.54. The lowest BCUT2D eigenvalue weighted by molar-refractivity contribution is -0.118. The molecule has 0 saturated carbocycles. The van der Waals surface area contributed by atoms with Crippen molar-refractivity contribution in [3.05, 3.63) is 75.7 Å². The summed E-state index contributed by atoms with van der Waals surface area (Å²) in [5.41, 5.74) is 4.75. The highest BCUT2D eigenvalue weighted by Crippen LogP contribution is 2.34. The third-order valence-electron chi connectivity index (χ3n) is 5.07. The summed E-state index contributed by atoms with van der Waals surface area (Å²) in [5, 5.41) is 23.7. The second-order valence-corrected chi connectivity index (χ2v) is 9.72. The Balaban J connectivity index is 1.50. The number of amides is 1. The summed E-state index contributed by atoms with van der Waals surface area (Å²) in [6, 6.07) is 18.0. The molecule has 0 aliphatic carbocycles. The summed E-state index contributed by atoms with van der Waals surface area (Å²) >= 11 is 10.6. The third kappa shape index (κ3) is 6.43. The second kappa shape index (κ2) is 12.1. The van der Waals surface area contributed by atoms with E-state index in [-0.39, 0.29) is 23.2 Å². The van der Waals surface area contributed by atoms with Crippen molar-refractivity contribution < 1.29 is 19.4 Å². The highest BCUT2D eigenvalue weighted by Gasteiger charge is 2.17. The Morgan fingerprint density at radius 2 is 1.86 bits per heavy atom. The predicted octanol–water partition coefficient (Wildman–Crippen LogP) is 5.32. The van der Waals surface area contributed by atoms with Crippen LogP contribution in [-0.2, 0) is 4.79 Å². The number of aromatic hydroxyl groups is 1. The van der Waals surface area contributed by atoms with Gasteiger partial charge in [-0.05, 0) is 82.2 Å². The molecule has 190 valence electrons. The molecule has 9 nitrogen and oxygen atoms in total. The molecule has 1 aromatic heterocycles. The zero-order valence-corrected chi connectivity index (χ0v) is 22.8. The molecule has 0 saturated heterocycles. The minimum atomic E-state index is -0.331. The van der Waals surface area contributed by atoms with Crippen LogP contribution in [0.25, 0.3) is 17.1 Å². The van der Waals surface area contributed by atoms with Crippen LogP contribution < -0.4 is 14.9 Å². The molecule has 0 atom stereocenters. The zero-order chi connectivity index (χ0) is 26.4. The van der Waals surface area contributed by atoms with Gasteiger partial charge in [-0.3, -0.25) is 9.36 Å². The van der Waals surface area contributed by atoms with Gasteiger partial charge < -0.3 is 14.6 Å². The van der Waals surface area contributed by atoms with E-state index < -0.39 is 0 Å². The molecular formula is C25H21BrClN5O4S. The van der Waals surface area contributed by atoms with Gasteiger partial charge in [0.1, 0.15) is 5.75 Å². The average molecular weight is 603 g/mol. The fraction of sp³-hybridized carbons (Fsp3) is 0.120. The van der Waals surface area contributed by atoms with Gasteiger partial charge in [-0.2, -0.15) is 5.10 Å². The molecule has 0 bridgehead atoms. The number of carbonyl (C=O) groups excluding carboxylic acids is 1. The first kappa shape index (κ1) is 26.5. The van der Waals surface area contributed by atoms with E-state index >= 15 is 0 Å². The Bertz CT molecular complexity index is 1430. The van der Waals surface area contributed by atoms with E-state index in [9.17, 15) is 9.90 Å². The number of thioether (sulfide) groups is 1. The van der Waals surface area contributed by atoms with E-state index in [1.54, 1.807) is 31.4 Å². The zero-order valence-electron chi connectivity index (χ0n) is 19.7. The van der Waals surface area contributed by atoms with E-state index in [4.69, 9.17) is 21.1 Å². The molecule has 1 amide bonds. The van der Waals surface area contributed by atoms with Gasteiger partial charge in [-0.15, -0.1) is 10.2 Å². The van der Waals surface area contributed by atoms with Gasteiger partial charge in [0.15, 0.2) is 22.5 Å². The SMILES string of the molecule is COc1ccc(-c2nnc(SCC(=O)N/N=C\c3cc(Br)c(O)c(OC)c3)n2-c2ccc(Cl)cc2)cc1. The Labute approximate surface area is 230 Å². The highest BCUT2D eigenvalue weighted by atomic mass is 79.9. The summed E-state index contributed by atoms with van der Waals surface area (Å²) < 4.78 is 12.7. The van der Waals surface area contributed by atoms with E-state index in [1.165, 1.54) is 25.1 Å². The number of aromatic nitrogens is 3. The Morgan fingerprint density at radius 3 is 2.54 bits per heavy atom. The van der Waals surface area contributed by atoms with E-state index in [1.807, 2.05) is 41.0 Å². The number of ether oxygens (including phenoxy) is 2. The van der Waals surface area contributed by atoms with Gasteiger partial charge in [0, 0.05) is 16.3 Å². The van der Waals surface area contributed by atoms with Crippen molar-refractivity contribution in [2.75, 3.05) is 20.0 Å². The van der Waals surface area contributed by atoms with E-state index in [2.05, 4.69) is 36.7 Å². The third-order valence-corrected chi connectivity index (χ3v) is 6.86. The number of hydrogen-bond acceptors (Lipinski definition) is 8.